The monoisotopic (exact) mass is 300 g/mol. The van der Waals surface area contributed by atoms with Crippen LogP contribution in [0.3, 0.4) is 0 Å². The van der Waals surface area contributed by atoms with E-state index in [4.69, 9.17) is 4.74 Å². The fraction of sp³-hybridized carbons (Fsp3) is 0.0667. The Morgan fingerprint density at radius 3 is 2.59 bits per heavy atom. The number of amides is 1. The van der Waals surface area contributed by atoms with Crippen LogP contribution in [0.15, 0.2) is 48.5 Å². The van der Waals surface area contributed by atoms with Gasteiger partial charge in [-0.05, 0) is 18.2 Å². The van der Waals surface area contributed by atoms with Crippen LogP contribution in [0, 0.1) is 10.1 Å². The van der Waals surface area contributed by atoms with Crippen molar-refractivity contribution in [3.8, 4) is 5.75 Å². The molecule has 112 valence electrons. The number of hydrogen-bond acceptors (Lipinski definition) is 5. The SMILES string of the molecule is O=Cc1cc([N+](=O)[O-])ccc1OCC(=O)Nc1ccccc1. The van der Waals surface area contributed by atoms with Crippen LogP contribution in [-0.4, -0.2) is 23.7 Å². The zero-order valence-corrected chi connectivity index (χ0v) is 11.4. The largest absolute Gasteiger partial charge is 0.483 e. The summed E-state index contributed by atoms with van der Waals surface area (Å²) < 4.78 is 5.23. The van der Waals surface area contributed by atoms with Crippen LogP contribution < -0.4 is 10.1 Å². The summed E-state index contributed by atoms with van der Waals surface area (Å²) in [6.07, 6.45) is 0.442. The standard InChI is InChI=1S/C15H12N2O5/c18-9-11-8-13(17(20)21)6-7-14(11)22-10-15(19)16-12-4-2-1-3-5-12/h1-9H,10H2,(H,16,19). The number of benzene rings is 2. The summed E-state index contributed by atoms with van der Waals surface area (Å²) in [6, 6.07) is 12.4. The van der Waals surface area contributed by atoms with Crippen molar-refractivity contribution in [3.63, 3.8) is 0 Å². The predicted molar refractivity (Wildman–Crippen MR) is 79.1 cm³/mol. The zero-order valence-electron chi connectivity index (χ0n) is 11.4. The topological polar surface area (TPSA) is 98.5 Å². The van der Waals surface area contributed by atoms with Crippen LogP contribution in [0.25, 0.3) is 0 Å². The second-order valence-electron chi connectivity index (χ2n) is 4.30. The van der Waals surface area contributed by atoms with Crippen molar-refractivity contribution in [2.45, 2.75) is 0 Å². The van der Waals surface area contributed by atoms with Crippen molar-refractivity contribution in [1.82, 2.24) is 0 Å². The summed E-state index contributed by atoms with van der Waals surface area (Å²) in [5, 5.41) is 13.3. The van der Waals surface area contributed by atoms with Gasteiger partial charge < -0.3 is 10.1 Å². The van der Waals surface area contributed by atoms with Crippen molar-refractivity contribution < 1.29 is 19.2 Å². The van der Waals surface area contributed by atoms with Gasteiger partial charge in [0, 0.05) is 17.8 Å². The first-order chi connectivity index (χ1) is 10.6. The number of anilines is 1. The molecule has 1 amide bonds. The molecule has 0 spiro atoms. The Kier molecular flexibility index (Phi) is 4.81. The molecule has 7 nitrogen and oxygen atoms in total. The Hall–Kier alpha value is -3.22. The molecule has 0 radical (unpaired) electrons. The summed E-state index contributed by atoms with van der Waals surface area (Å²) in [4.78, 5) is 32.7. The molecule has 22 heavy (non-hydrogen) atoms. The van der Waals surface area contributed by atoms with Gasteiger partial charge in [0.25, 0.3) is 11.6 Å². The number of nitro benzene ring substituents is 1. The highest BCUT2D eigenvalue weighted by Crippen LogP contribution is 2.22. The summed E-state index contributed by atoms with van der Waals surface area (Å²) >= 11 is 0. The van der Waals surface area contributed by atoms with E-state index in [0.717, 1.165) is 6.07 Å². The molecule has 2 aromatic rings. The normalized spacial score (nSPS) is 9.82. The Bertz CT molecular complexity index is 700. The van der Waals surface area contributed by atoms with Crippen molar-refractivity contribution in [2.24, 2.45) is 0 Å². The first-order valence-corrected chi connectivity index (χ1v) is 6.31. The van der Waals surface area contributed by atoms with Gasteiger partial charge >= 0.3 is 0 Å². The molecule has 0 aliphatic carbocycles. The third kappa shape index (κ3) is 3.89. The molecule has 0 fully saturated rings. The van der Waals surface area contributed by atoms with Crippen molar-refractivity contribution >= 4 is 23.6 Å². The number of ether oxygens (including phenoxy) is 1. The van der Waals surface area contributed by atoms with E-state index in [-0.39, 0.29) is 23.6 Å². The van der Waals surface area contributed by atoms with E-state index in [2.05, 4.69) is 5.32 Å². The minimum absolute atomic E-state index is 0.0155. The fourth-order valence-electron chi connectivity index (χ4n) is 1.73. The van der Waals surface area contributed by atoms with Crippen LogP contribution in [-0.2, 0) is 4.79 Å². The number of carbonyl (C=O) groups excluding carboxylic acids is 2. The molecule has 0 aliphatic rings. The lowest BCUT2D eigenvalue weighted by atomic mass is 10.2. The Balaban J connectivity index is 2.00. The molecule has 2 rings (SSSR count). The number of non-ortho nitro benzene ring substituents is 1. The second kappa shape index (κ2) is 6.98. The Labute approximate surface area is 125 Å². The van der Waals surface area contributed by atoms with E-state index in [9.17, 15) is 19.7 Å². The molecule has 7 heteroatoms. The summed E-state index contributed by atoms with van der Waals surface area (Å²) in [7, 11) is 0. The zero-order chi connectivity index (χ0) is 15.9. The van der Waals surface area contributed by atoms with Crippen molar-refractivity contribution in [1.29, 1.82) is 0 Å². The number of hydrogen-bond donors (Lipinski definition) is 1. The number of nitro groups is 1. The maximum atomic E-state index is 11.7. The molecule has 0 heterocycles. The molecule has 0 saturated carbocycles. The van der Waals surface area contributed by atoms with Crippen LogP contribution in [0.2, 0.25) is 0 Å². The summed E-state index contributed by atoms with van der Waals surface area (Å²) in [5.74, 6) is -0.287. The Morgan fingerprint density at radius 1 is 1.23 bits per heavy atom. The maximum Gasteiger partial charge on any atom is 0.270 e. The lowest BCUT2D eigenvalue weighted by molar-refractivity contribution is -0.384. The third-order valence-corrected chi connectivity index (χ3v) is 2.75. The van der Waals surface area contributed by atoms with Crippen LogP contribution >= 0.6 is 0 Å². The average Bonchev–Trinajstić information content (AvgIpc) is 2.53. The number of para-hydroxylation sites is 1. The van der Waals surface area contributed by atoms with E-state index in [1.807, 2.05) is 6.07 Å². The minimum Gasteiger partial charge on any atom is -0.483 e. The smallest absolute Gasteiger partial charge is 0.270 e. The first-order valence-electron chi connectivity index (χ1n) is 6.31. The highest BCUT2D eigenvalue weighted by atomic mass is 16.6. The molecule has 0 aliphatic heterocycles. The van der Waals surface area contributed by atoms with Gasteiger partial charge in [0.1, 0.15) is 5.75 Å². The van der Waals surface area contributed by atoms with Gasteiger partial charge in [-0.1, -0.05) is 18.2 Å². The van der Waals surface area contributed by atoms with Crippen molar-refractivity contribution in [3.05, 3.63) is 64.2 Å². The molecule has 0 aromatic heterocycles. The average molecular weight is 300 g/mol. The molecule has 1 N–H and O–H groups in total. The summed E-state index contributed by atoms with van der Waals surface area (Å²) in [5.41, 5.74) is 0.417. The number of nitrogens with zero attached hydrogens (tertiary/aromatic N) is 1. The van der Waals surface area contributed by atoms with Gasteiger partial charge in [0.05, 0.1) is 10.5 Å². The van der Waals surface area contributed by atoms with Crippen LogP contribution in [0.1, 0.15) is 10.4 Å². The molecule has 0 unspecified atom stereocenters. The summed E-state index contributed by atoms with van der Waals surface area (Å²) in [6.45, 7) is -0.312. The van der Waals surface area contributed by atoms with Gasteiger partial charge in [0.2, 0.25) is 0 Å². The van der Waals surface area contributed by atoms with Gasteiger partial charge in [-0.3, -0.25) is 19.7 Å². The molecule has 2 aromatic carbocycles. The highest BCUT2D eigenvalue weighted by molar-refractivity contribution is 5.92. The predicted octanol–water partition coefficient (Wildman–Crippen LogP) is 2.42. The van der Waals surface area contributed by atoms with E-state index in [0.29, 0.717) is 12.0 Å². The van der Waals surface area contributed by atoms with E-state index in [1.165, 1.54) is 12.1 Å². The molecule has 0 atom stereocenters. The molecule has 0 saturated heterocycles. The lowest BCUT2D eigenvalue weighted by Crippen LogP contribution is -2.20. The van der Waals surface area contributed by atoms with E-state index < -0.39 is 10.8 Å². The first kappa shape index (κ1) is 15.2. The van der Waals surface area contributed by atoms with Gasteiger partial charge in [-0.25, -0.2) is 0 Å². The molecule has 0 bridgehead atoms. The molecular weight excluding hydrogens is 288 g/mol. The number of carbonyl (C=O) groups is 2. The molecular formula is C15H12N2O5. The minimum atomic E-state index is -0.612. The number of rotatable bonds is 6. The lowest BCUT2D eigenvalue weighted by Gasteiger charge is -2.09. The maximum absolute atomic E-state index is 11.7. The van der Waals surface area contributed by atoms with Gasteiger partial charge in [-0.2, -0.15) is 0 Å². The third-order valence-electron chi connectivity index (χ3n) is 2.75. The highest BCUT2D eigenvalue weighted by Gasteiger charge is 2.12. The number of aldehydes is 1. The van der Waals surface area contributed by atoms with Gasteiger partial charge in [0.15, 0.2) is 12.9 Å². The second-order valence-corrected chi connectivity index (χ2v) is 4.30. The van der Waals surface area contributed by atoms with Crippen LogP contribution in [0.4, 0.5) is 11.4 Å². The van der Waals surface area contributed by atoms with E-state index in [1.54, 1.807) is 24.3 Å². The van der Waals surface area contributed by atoms with E-state index >= 15 is 0 Å². The van der Waals surface area contributed by atoms with Crippen molar-refractivity contribution in [2.75, 3.05) is 11.9 Å². The fourth-order valence-corrected chi connectivity index (χ4v) is 1.73. The van der Waals surface area contributed by atoms with Gasteiger partial charge in [-0.15, -0.1) is 0 Å². The quantitative estimate of drug-likeness (QED) is 0.502. The van der Waals surface area contributed by atoms with Crippen LogP contribution in [0.5, 0.6) is 5.75 Å². The Morgan fingerprint density at radius 2 is 1.95 bits per heavy atom. The number of nitrogens with one attached hydrogen (secondary N) is 1.